The van der Waals surface area contributed by atoms with Gasteiger partial charge in [-0.3, -0.25) is 9.59 Å². The molecule has 0 saturated carbocycles. The molecule has 0 aliphatic heterocycles. The summed E-state index contributed by atoms with van der Waals surface area (Å²) in [5, 5.41) is 32.8. The maximum atomic E-state index is 13.0. The van der Waals surface area contributed by atoms with Gasteiger partial charge in [-0.2, -0.15) is 5.26 Å². The van der Waals surface area contributed by atoms with Crippen molar-refractivity contribution in [3.8, 4) is 17.2 Å². The molecule has 0 bridgehead atoms. The summed E-state index contributed by atoms with van der Waals surface area (Å²) >= 11 is 0. The van der Waals surface area contributed by atoms with Crippen LogP contribution in [-0.2, 0) is 16.1 Å². The fraction of sp³-hybridized carbons (Fsp3) is 0.364. The summed E-state index contributed by atoms with van der Waals surface area (Å²) in [4.78, 5) is 27.0. The zero-order valence-corrected chi connectivity index (χ0v) is 24.5. The van der Waals surface area contributed by atoms with Crippen LogP contribution in [0.5, 0.6) is 0 Å². The van der Waals surface area contributed by atoms with E-state index >= 15 is 0 Å². The lowest BCUT2D eigenvalue weighted by Crippen LogP contribution is -2.51. The molecular formula is C33H43N3O4. The molecule has 0 radical (unpaired) electrons. The fourth-order valence-corrected chi connectivity index (χ4v) is 4.22. The highest BCUT2D eigenvalue weighted by Gasteiger charge is 2.35. The highest BCUT2D eigenvalue weighted by atomic mass is 16.3. The first-order valence-corrected chi connectivity index (χ1v) is 14.0. The number of nitrogens with one attached hydrogen (secondary N) is 1. The highest BCUT2D eigenvalue weighted by Crippen LogP contribution is 2.25. The average molecular weight is 546 g/mol. The Kier molecular flexibility index (Phi) is 15.6. The third-order valence-corrected chi connectivity index (χ3v) is 6.17. The number of aliphatic hydroxyl groups is 2. The van der Waals surface area contributed by atoms with Crippen LogP contribution in [0.1, 0.15) is 70.7 Å². The first kappa shape index (κ1) is 34.0. The topological polar surface area (TPSA) is 114 Å². The van der Waals surface area contributed by atoms with E-state index < -0.39 is 24.0 Å². The van der Waals surface area contributed by atoms with Crippen molar-refractivity contribution in [3.63, 3.8) is 0 Å². The third kappa shape index (κ3) is 9.04. The quantitative estimate of drug-likeness (QED) is 0.306. The number of rotatable bonds is 10. The molecule has 0 spiro atoms. The molecule has 0 aliphatic carbocycles. The number of benzene rings is 3. The Hall–Kier alpha value is -3.99. The van der Waals surface area contributed by atoms with E-state index in [9.17, 15) is 25.1 Å². The molecular weight excluding hydrogens is 502 g/mol. The predicted molar refractivity (Wildman–Crippen MR) is 160 cm³/mol. The van der Waals surface area contributed by atoms with Crippen molar-refractivity contribution >= 4 is 11.8 Å². The molecule has 0 fully saturated rings. The van der Waals surface area contributed by atoms with Crippen molar-refractivity contribution in [2.45, 2.75) is 72.8 Å². The average Bonchev–Trinajstić information content (AvgIpc) is 3.03. The summed E-state index contributed by atoms with van der Waals surface area (Å²) in [7, 11) is 0. The van der Waals surface area contributed by atoms with Gasteiger partial charge in [0.15, 0.2) is 12.2 Å². The number of hydrogen-bond acceptors (Lipinski definition) is 5. The van der Waals surface area contributed by atoms with E-state index in [-0.39, 0.29) is 12.6 Å². The van der Waals surface area contributed by atoms with Crippen molar-refractivity contribution in [2.75, 3.05) is 6.54 Å². The van der Waals surface area contributed by atoms with Crippen molar-refractivity contribution in [1.29, 1.82) is 5.26 Å². The number of hydrogen-bond donors (Lipinski definition) is 3. The number of likely N-dealkylation sites (N-methyl/N-ethyl adjacent to an activating group) is 1. The van der Waals surface area contributed by atoms with Crippen LogP contribution in [0.2, 0.25) is 0 Å². The van der Waals surface area contributed by atoms with Crippen LogP contribution in [0.3, 0.4) is 0 Å². The summed E-state index contributed by atoms with van der Waals surface area (Å²) in [6, 6.07) is 25.9. The van der Waals surface area contributed by atoms with Gasteiger partial charge in [0.2, 0.25) is 0 Å². The van der Waals surface area contributed by atoms with Gasteiger partial charge in [-0.15, -0.1) is 0 Å². The molecule has 3 atom stereocenters. The third-order valence-electron chi connectivity index (χ3n) is 6.17. The molecule has 3 N–H and O–H groups in total. The molecule has 2 amide bonds. The van der Waals surface area contributed by atoms with Gasteiger partial charge in [-0.25, -0.2) is 0 Å². The lowest BCUT2D eigenvalue weighted by atomic mass is 9.99. The molecule has 3 rings (SSSR count). The van der Waals surface area contributed by atoms with Crippen LogP contribution in [-0.4, -0.2) is 45.7 Å². The summed E-state index contributed by atoms with van der Waals surface area (Å²) in [6.45, 7) is 12.2. The maximum absolute atomic E-state index is 13.0. The highest BCUT2D eigenvalue weighted by molar-refractivity contribution is 5.91. The van der Waals surface area contributed by atoms with Gasteiger partial charge in [-0.1, -0.05) is 107 Å². The van der Waals surface area contributed by atoms with E-state index in [1.807, 2.05) is 101 Å². The minimum atomic E-state index is -1.90. The summed E-state index contributed by atoms with van der Waals surface area (Å²) < 4.78 is 0. The first-order chi connectivity index (χ1) is 19.4. The SMILES string of the molecule is CC.CC.CCC(c1ccccc1)N(CC)C(=O)C(O)C(O)C(=O)NCc1ccc(-c2ccccc2C#N)cc1. The summed E-state index contributed by atoms with van der Waals surface area (Å²) in [5.74, 6) is -1.53. The van der Waals surface area contributed by atoms with Crippen molar-refractivity contribution in [1.82, 2.24) is 10.2 Å². The van der Waals surface area contributed by atoms with Crippen LogP contribution >= 0.6 is 0 Å². The maximum Gasteiger partial charge on any atom is 0.255 e. The Morgan fingerprint density at radius 2 is 1.43 bits per heavy atom. The summed E-state index contributed by atoms with van der Waals surface area (Å²) in [5.41, 5.74) is 3.93. The number of carbonyl (C=O) groups is 2. The predicted octanol–water partition coefficient (Wildman–Crippen LogP) is 5.62. The van der Waals surface area contributed by atoms with E-state index in [4.69, 9.17) is 0 Å². The van der Waals surface area contributed by atoms with Crippen molar-refractivity contribution in [2.24, 2.45) is 0 Å². The van der Waals surface area contributed by atoms with Crippen molar-refractivity contribution < 1.29 is 19.8 Å². The molecule has 3 unspecified atom stereocenters. The van der Waals surface area contributed by atoms with Gasteiger partial charge < -0.3 is 20.4 Å². The zero-order valence-electron chi connectivity index (χ0n) is 24.5. The molecule has 0 heterocycles. The Bertz CT molecular complexity index is 1210. The van der Waals surface area contributed by atoms with Gasteiger partial charge in [-0.05, 0) is 41.7 Å². The summed E-state index contributed by atoms with van der Waals surface area (Å²) in [6.07, 6.45) is -3.16. The van der Waals surface area contributed by atoms with E-state index in [1.54, 1.807) is 19.1 Å². The lowest BCUT2D eigenvalue weighted by molar-refractivity contribution is -0.155. The molecule has 7 nitrogen and oxygen atoms in total. The normalized spacial score (nSPS) is 12.2. The number of aliphatic hydroxyl groups excluding tert-OH is 2. The molecule has 0 saturated heterocycles. The van der Waals surface area contributed by atoms with E-state index in [2.05, 4.69) is 11.4 Å². The minimum Gasteiger partial charge on any atom is -0.380 e. The Labute approximate surface area is 239 Å². The van der Waals surface area contributed by atoms with Gasteiger partial charge in [0.1, 0.15) is 0 Å². The zero-order chi connectivity index (χ0) is 30.1. The van der Waals surface area contributed by atoms with Gasteiger partial charge in [0.25, 0.3) is 11.8 Å². The number of nitriles is 1. The van der Waals surface area contributed by atoms with E-state index in [0.29, 0.717) is 18.5 Å². The Balaban J connectivity index is 0.00000191. The first-order valence-electron chi connectivity index (χ1n) is 14.0. The molecule has 3 aromatic carbocycles. The second-order valence-electron chi connectivity index (χ2n) is 8.42. The van der Waals surface area contributed by atoms with Crippen LogP contribution in [0.25, 0.3) is 11.1 Å². The van der Waals surface area contributed by atoms with Gasteiger partial charge >= 0.3 is 0 Å². The molecule has 7 heteroatoms. The Morgan fingerprint density at radius 3 is 1.98 bits per heavy atom. The fourth-order valence-electron chi connectivity index (χ4n) is 4.22. The minimum absolute atomic E-state index is 0.107. The molecule has 214 valence electrons. The second-order valence-corrected chi connectivity index (χ2v) is 8.42. The standard InChI is InChI=1S/C29H31N3O4.2C2H6/c1-3-25(22-10-6-5-7-11-22)32(4-2)29(36)27(34)26(33)28(35)31-19-20-14-16-21(17-15-20)24-13-9-8-12-23(24)18-30;2*1-2/h5-17,25-27,33-34H,3-4,19H2,1-2H3,(H,31,35);2*1-2H3. The van der Waals surface area contributed by atoms with Crippen LogP contribution in [0, 0.1) is 11.3 Å². The number of amides is 2. The van der Waals surface area contributed by atoms with Crippen LogP contribution in [0.4, 0.5) is 0 Å². The smallest absolute Gasteiger partial charge is 0.255 e. The molecule has 0 aliphatic rings. The monoisotopic (exact) mass is 545 g/mol. The largest absolute Gasteiger partial charge is 0.380 e. The molecule has 40 heavy (non-hydrogen) atoms. The van der Waals surface area contributed by atoms with Gasteiger partial charge in [0, 0.05) is 13.1 Å². The van der Waals surface area contributed by atoms with Crippen LogP contribution in [0.15, 0.2) is 78.9 Å². The lowest BCUT2D eigenvalue weighted by Gasteiger charge is -2.33. The van der Waals surface area contributed by atoms with Gasteiger partial charge in [0.05, 0.1) is 17.7 Å². The number of carbonyl (C=O) groups excluding carboxylic acids is 2. The van der Waals surface area contributed by atoms with Crippen molar-refractivity contribution in [3.05, 3.63) is 95.6 Å². The van der Waals surface area contributed by atoms with E-state index in [0.717, 1.165) is 22.3 Å². The second kappa shape index (κ2) is 18.3. The Morgan fingerprint density at radius 1 is 0.850 bits per heavy atom. The number of nitrogens with zero attached hydrogens (tertiary/aromatic N) is 2. The van der Waals surface area contributed by atoms with Crippen LogP contribution < -0.4 is 5.32 Å². The van der Waals surface area contributed by atoms with E-state index in [1.165, 1.54) is 4.90 Å². The molecule has 3 aromatic rings. The molecule has 0 aromatic heterocycles.